The van der Waals surface area contributed by atoms with Crippen LogP contribution in [0.25, 0.3) is 0 Å². The van der Waals surface area contributed by atoms with Crippen LogP contribution in [0.2, 0.25) is 0 Å². The van der Waals surface area contributed by atoms with E-state index in [-0.39, 0.29) is 12.5 Å². The third-order valence-electron chi connectivity index (χ3n) is 1.47. The van der Waals surface area contributed by atoms with E-state index in [0.29, 0.717) is 0 Å². The van der Waals surface area contributed by atoms with Crippen molar-refractivity contribution in [1.82, 2.24) is 10.4 Å². The molecule has 0 aliphatic rings. The summed E-state index contributed by atoms with van der Waals surface area (Å²) in [7, 11) is 1.48. The average molecular weight is 215 g/mol. The van der Waals surface area contributed by atoms with E-state index >= 15 is 0 Å². The maximum atomic E-state index is 11.2. The van der Waals surface area contributed by atoms with Gasteiger partial charge in [0.1, 0.15) is 0 Å². The molecule has 0 spiro atoms. The van der Waals surface area contributed by atoms with Crippen LogP contribution in [0.5, 0.6) is 0 Å². The lowest BCUT2D eigenvalue weighted by molar-refractivity contribution is -0.144. The first-order valence-electron chi connectivity index (χ1n) is 4.21. The number of urea groups is 1. The lowest BCUT2D eigenvalue weighted by Gasteiger charge is -2.17. The Morgan fingerprint density at radius 2 is 2.27 bits per heavy atom. The molecular formula is C8H13N3O4. The van der Waals surface area contributed by atoms with Gasteiger partial charge in [0.2, 0.25) is 0 Å². The predicted molar refractivity (Wildman–Crippen MR) is 49.5 cm³/mol. The van der Waals surface area contributed by atoms with Crippen LogP contribution in [0.4, 0.5) is 4.79 Å². The highest BCUT2D eigenvalue weighted by Gasteiger charge is 2.12. The van der Waals surface area contributed by atoms with Crippen molar-refractivity contribution in [2.45, 2.75) is 6.92 Å². The summed E-state index contributed by atoms with van der Waals surface area (Å²) in [4.78, 5) is 26.8. The summed E-state index contributed by atoms with van der Waals surface area (Å²) < 4.78 is 0. The van der Waals surface area contributed by atoms with Gasteiger partial charge in [-0.2, -0.15) is 5.26 Å². The van der Waals surface area contributed by atoms with Gasteiger partial charge in [0, 0.05) is 13.6 Å². The highest BCUT2D eigenvalue weighted by molar-refractivity contribution is 5.73. The van der Waals surface area contributed by atoms with Crippen molar-refractivity contribution >= 4 is 12.0 Å². The third kappa shape index (κ3) is 6.29. The highest BCUT2D eigenvalue weighted by atomic mass is 16.7. The molecule has 0 aromatic heterocycles. The standard InChI is InChI=1S/C8H13N3O4/c1-6(3-9)4-11(2)8(14)10-15-5-7(12)13/h6H,4-5H2,1-2H3,(H,10,14)(H,12,13). The van der Waals surface area contributed by atoms with Crippen molar-refractivity contribution in [1.29, 1.82) is 5.26 Å². The predicted octanol–water partition coefficient (Wildman–Crippen LogP) is -0.196. The lowest BCUT2D eigenvalue weighted by Crippen LogP contribution is -2.40. The molecule has 0 radical (unpaired) electrons. The zero-order valence-electron chi connectivity index (χ0n) is 8.56. The van der Waals surface area contributed by atoms with Crippen LogP contribution in [0, 0.1) is 17.2 Å². The zero-order chi connectivity index (χ0) is 11.8. The summed E-state index contributed by atoms with van der Waals surface area (Å²) in [5.41, 5.74) is 1.94. The third-order valence-corrected chi connectivity index (χ3v) is 1.47. The van der Waals surface area contributed by atoms with Crippen molar-refractivity contribution in [3.05, 3.63) is 0 Å². The highest BCUT2D eigenvalue weighted by Crippen LogP contribution is 1.95. The smallest absolute Gasteiger partial charge is 0.341 e. The maximum absolute atomic E-state index is 11.2. The molecule has 7 heteroatoms. The number of rotatable bonds is 5. The van der Waals surface area contributed by atoms with Crippen LogP contribution >= 0.6 is 0 Å². The fourth-order valence-corrected chi connectivity index (χ4v) is 0.772. The second-order valence-electron chi connectivity index (χ2n) is 3.00. The molecule has 0 fully saturated rings. The van der Waals surface area contributed by atoms with Crippen molar-refractivity contribution in [2.75, 3.05) is 20.2 Å². The number of carboxylic acid groups (broad SMARTS) is 1. The fourth-order valence-electron chi connectivity index (χ4n) is 0.772. The molecule has 0 aliphatic carbocycles. The molecule has 7 nitrogen and oxygen atoms in total. The van der Waals surface area contributed by atoms with E-state index in [2.05, 4.69) is 4.84 Å². The molecule has 2 N–H and O–H groups in total. The Kier molecular flexibility index (Phi) is 5.82. The summed E-state index contributed by atoms with van der Waals surface area (Å²) in [5, 5.41) is 16.7. The number of hydroxylamine groups is 1. The molecule has 0 aromatic rings. The van der Waals surface area contributed by atoms with E-state index in [1.54, 1.807) is 6.92 Å². The molecule has 1 atom stereocenters. The Morgan fingerprint density at radius 1 is 1.67 bits per heavy atom. The Labute approximate surface area is 87.2 Å². The average Bonchev–Trinajstić information content (AvgIpc) is 2.16. The van der Waals surface area contributed by atoms with Gasteiger partial charge in [0.05, 0.1) is 12.0 Å². The second-order valence-corrected chi connectivity index (χ2v) is 3.00. The second kappa shape index (κ2) is 6.62. The largest absolute Gasteiger partial charge is 0.479 e. The van der Waals surface area contributed by atoms with Gasteiger partial charge in [-0.15, -0.1) is 0 Å². The molecule has 0 saturated carbocycles. The molecule has 0 bridgehead atoms. The van der Waals surface area contributed by atoms with Crippen LogP contribution in [0.15, 0.2) is 0 Å². The van der Waals surface area contributed by atoms with Crippen molar-refractivity contribution in [3.8, 4) is 6.07 Å². The monoisotopic (exact) mass is 215 g/mol. The number of hydrogen-bond donors (Lipinski definition) is 2. The minimum atomic E-state index is -1.18. The van der Waals surface area contributed by atoms with E-state index in [4.69, 9.17) is 10.4 Å². The number of amides is 2. The Hall–Kier alpha value is -1.81. The van der Waals surface area contributed by atoms with Gasteiger partial charge in [-0.25, -0.2) is 15.1 Å². The number of nitrogens with one attached hydrogen (secondary N) is 1. The number of hydrogen-bond acceptors (Lipinski definition) is 4. The van der Waals surface area contributed by atoms with E-state index < -0.39 is 18.6 Å². The minimum absolute atomic E-state index is 0.249. The van der Waals surface area contributed by atoms with Crippen LogP contribution < -0.4 is 5.48 Å². The zero-order valence-corrected chi connectivity index (χ0v) is 8.56. The number of nitriles is 1. The van der Waals surface area contributed by atoms with Crippen LogP contribution in [-0.2, 0) is 9.63 Å². The number of nitrogens with zero attached hydrogens (tertiary/aromatic N) is 2. The summed E-state index contributed by atoms with van der Waals surface area (Å²) in [6, 6.07) is 1.38. The molecule has 84 valence electrons. The number of carboxylic acids is 1. The summed E-state index contributed by atoms with van der Waals surface area (Å²) in [6.45, 7) is 1.31. The van der Waals surface area contributed by atoms with Crippen molar-refractivity contribution in [3.63, 3.8) is 0 Å². The van der Waals surface area contributed by atoms with Gasteiger partial charge in [-0.1, -0.05) is 0 Å². The molecular weight excluding hydrogens is 202 g/mol. The number of carbonyl (C=O) groups is 2. The van der Waals surface area contributed by atoms with Crippen LogP contribution in [-0.4, -0.2) is 42.2 Å². The lowest BCUT2D eigenvalue weighted by atomic mass is 10.2. The molecule has 0 saturated heterocycles. The first-order valence-corrected chi connectivity index (χ1v) is 4.21. The van der Waals surface area contributed by atoms with E-state index in [1.165, 1.54) is 11.9 Å². The summed E-state index contributed by atoms with van der Waals surface area (Å²) >= 11 is 0. The van der Waals surface area contributed by atoms with Gasteiger partial charge in [0.15, 0.2) is 6.61 Å². The molecule has 15 heavy (non-hydrogen) atoms. The summed E-state index contributed by atoms with van der Waals surface area (Å²) in [6.07, 6.45) is 0. The Bertz CT molecular complexity index is 274. The topological polar surface area (TPSA) is 103 Å². The van der Waals surface area contributed by atoms with Gasteiger partial charge in [0.25, 0.3) is 0 Å². The number of aliphatic carboxylic acids is 1. The normalized spacial score (nSPS) is 11.3. The first-order chi connectivity index (χ1) is 6.97. The van der Waals surface area contributed by atoms with Crippen molar-refractivity contribution < 1.29 is 19.5 Å². The fraction of sp³-hybridized carbons (Fsp3) is 0.625. The van der Waals surface area contributed by atoms with Gasteiger partial charge in [-0.3, -0.25) is 4.84 Å². The number of carbonyl (C=O) groups excluding carboxylic acids is 1. The molecule has 2 amide bonds. The van der Waals surface area contributed by atoms with E-state index in [0.717, 1.165) is 0 Å². The molecule has 0 rings (SSSR count). The first kappa shape index (κ1) is 13.2. The Balaban J connectivity index is 3.80. The van der Waals surface area contributed by atoms with Crippen LogP contribution in [0.3, 0.4) is 0 Å². The molecule has 0 heterocycles. The van der Waals surface area contributed by atoms with Crippen molar-refractivity contribution in [2.24, 2.45) is 5.92 Å². The summed E-state index contributed by atoms with van der Waals surface area (Å²) in [5.74, 6) is -1.47. The molecule has 1 unspecified atom stereocenters. The van der Waals surface area contributed by atoms with Crippen LogP contribution in [0.1, 0.15) is 6.92 Å². The minimum Gasteiger partial charge on any atom is -0.479 e. The van der Waals surface area contributed by atoms with E-state index in [1.807, 2.05) is 11.5 Å². The van der Waals surface area contributed by atoms with Gasteiger partial charge in [-0.05, 0) is 6.92 Å². The van der Waals surface area contributed by atoms with E-state index in [9.17, 15) is 9.59 Å². The maximum Gasteiger partial charge on any atom is 0.341 e. The Morgan fingerprint density at radius 3 is 2.73 bits per heavy atom. The van der Waals surface area contributed by atoms with Gasteiger partial charge >= 0.3 is 12.0 Å². The SMILES string of the molecule is CC(C#N)CN(C)C(=O)NOCC(=O)O. The molecule has 0 aromatic carbocycles. The van der Waals surface area contributed by atoms with Gasteiger partial charge < -0.3 is 10.0 Å². The molecule has 0 aliphatic heterocycles. The quantitative estimate of drug-likeness (QED) is 0.618.